The molecule has 2 aliphatic heterocycles. The fraction of sp³-hybridized carbons (Fsp3) is 0.560. The Bertz CT molecular complexity index is 955. The third-order valence-corrected chi connectivity index (χ3v) is 6.12. The van der Waals surface area contributed by atoms with Crippen molar-refractivity contribution in [1.82, 2.24) is 25.3 Å². The third-order valence-electron chi connectivity index (χ3n) is 6.12. The van der Waals surface area contributed by atoms with Gasteiger partial charge in [0.15, 0.2) is 0 Å². The Kier molecular flexibility index (Phi) is 8.97. The first-order valence-electron chi connectivity index (χ1n) is 12.2. The zero-order valence-corrected chi connectivity index (χ0v) is 21.3. The average molecular weight is 488 g/mol. The molecule has 1 atom stereocenters. The van der Waals surface area contributed by atoms with Gasteiger partial charge in [-0.25, -0.2) is 14.4 Å². The van der Waals surface area contributed by atoms with Crippen LogP contribution in [-0.4, -0.2) is 91.8 Å². The fourth-order valence-electron chi connectivity index (χ4n) is 4.39. The predicted octanol–water partition coefficient (Wildman–Crippen LogP) is 2.33. The van der Waals surface area contributed by atoms with E-state index in [0.717, 1.165) is 5.56 Å². The van der Waals surface area contributed by atoms with Crippen molar-refractivity contribution in [1.29, 1.82) is 0 Å². The monoisotopic (exact) mass is 487 g/mol. The Balaban J connectivity index is 1.92. The Hall–Kier alpha value is -3.27. The first-order chi connectivity index (χ1) is 16.8. The summed E-state index contributed by atoms with van der Waals surface area (Å²) in [5.41, 5.74) is 1.79. The highest BCUT2D eigenvalue weighted by Gasteiger charge is 2.38. The zero-order valence-electron chi connectivity index (χ0n) is 21.3. The van der Waals surface area contributed by atoms with Crippen molar-refractivity contribution in [3.63, 3.8) is 0 Å². The molecule has 1 aromatic carbocycles. The number of hydrogen-bond donors (Lipinski definition) is 2. The van der Waals surface area contributed by atoms with Gasteiger partial charge < -0.3 is 25.0 Å². The summed E-state index contributed by atoms with van der Waals surface area (Å²) < 4.78 is 10.8. The van der Waals surface area contributed by atoms with Crippen LogP contribution in [0, 0.1) is 0 Å². The topological polar surface area (TPSA) is 103 Å². The molecule has 0 aromatic heterocycles. The van der Waals surface area contributed by atoms with E-state index in [2.05, 4.69) is 15.5 Å². The molecule has 192 valence electrons. The molecule has 0 saturated carbocycles. The van der Waals surface area contributed by atoms with Crippen molar-refractivity contribution in [2.24, 2.45) is 0 Å². The Labute approximate surface area is 207 Å². The van der Waals surface area contributed by atoms with Gasteiger partial charge in [0.05, 0.1) is 25.3 Å². The number of nitrogens with one attached hydrogen (secondary N) is 2. The smallest absolute Gasteiger partial charge is 0.338 e. The van der Waals surface area contributed by atoms with Gasteiger partial charge in [0, 0.05) is 51.0 Å². The number of esters is 1. The van der Waals surface area contributed by atoms with E-state index in [-0.39, 0.29) is 24.7 Å². The normalized spacial score (nSPS) is 19.0. The number of nitrogens with zero attached hydrogens (tertiary/aromatic N) is 3. The van der Waals surface area contributed by atoms with E-state index in [0.29, 0.717) is 56.3 Å². The lowest BCUT2D eigenvalue weighted by Gasteiger charge is -2.40. The second-order valence-electron chi connectivity index (χ2n) is 8.85. The van der Waals surface area contributed by atoms with Crippen molar-refractivity contribution < 1.29 is 23.9 Å². The fourth-order valence-corrected chi connectivity index (χ4v) is 4.39. The van der Waals surface area contributed by atoms with Gasteiger partial charge >= 0.3 is 18.0 Å². The van der Waals surface area contributed by atoms with Gasteiger partial charge in [0.2, 0.25) is 0 Å². The summed E-state index contributed by atoms with van der Waals surface area (Å²) in [6.07, 6.45) is 0. The molecule has 2 heterocycles. The molecule has 10 heteroatoms. The van der Waals surface area contributed by atoms with Gasteiger partial charge in [-0.15, -0.1) is 0 Å². The molecule has 0 bridgehead atoms. The van der Waals surface area contributed by atoms with Crippen molar-refractivity contribution in [3.05, 3.63) is 41.1 Å². The number of urea groups is 2. The molecular weight excluding hydrogens is 450 g/mol. The van der Waals surface area contributed by atoms with Crippen LogP contribution >= 0.6 is 0 Å². The molecule has 10 nitrogen and oxygen atoms in total. The first-order valence-corrected chi connectivity index (χ1v) is 12.2. The van der Waals surface area contributed by atoms with Crippen LogP contribution in [0.25, 0.3) is 0 Å². The number of piperazine rings is 1. The highest BCUT2D eigenvalue weighted by Crippen LogP contribution is 2.33. The summed E-state index contributed by atoms with van der Waals surface area (Å²) in [5, 5.41) is 5.90. The summed E-state index contributed by atoms with van der Waals surface area (Å²) in [7, 11) is 1.58. The molecule has 0 aliphatic carbocycles. The number of amides is 4. The van der Waals surface area contributed by atoms with E-state index in [1.54, 1.807) is 23.8 Å². The number of likely N-dealkylation sites (N-methyl/N-ethyl adjacent to an activating group) is 1. The maximum Gasteiger partial charge on any atom is 0.338 e. The maximum atomic E-state index is 13.2. The van der Waals surface area contributed by atoms with Gasteiger partial charge in [-0.05, 0) is 45.4 Å². The van der Waals surface area contributed by atoms with Crippen LogP contribution in [-0.2, 0) is 9.53 Å². The van der Waals surface area contributed by atoms with Crippen molar-refractivity contribution >= 4 is 18.0 Å². The highest BCUT2D eigenvalue weighted by molar-refractivity contribution is 5.95. The predicted molar refractivity (Wildman–Crippen MR) is 132 cm³/mol. The van der Waals surface area contributed by atoms with E-state index in [1.165, 1.54) is 0 Å². The summed E-state index contributed by atoms with van der Waals surface area (Å²) in [6, 6.07) is 6.40. The van der Waals surface area contributed by atoms with Crippen LogP contribution in [0.15, 0.2) is 35.5 Å². The van der Waals surface area contributed by atoms with Crippen LogP contribution in [0.1, 0.15) is 39.3 Å². The van der Waals surface area contributed by atoms with Crippen molar-refractivity contribution in [2.75, 3.05) is 53.0 Å². The van der Waals surface area contributed by atoms with Gasteiger partial charge in [0.25, 0.3) is 0 Å². The Morgan fingerprint density at radius 2 is 1.89 bits per heavy atom. The minimum absolute atomic E-state index is 0.0728. The molecule has 2 aliphatic rings. The molecule has 0 unspecified atom stereocenters. The van der Waals surface area contributed by atoms with E-state index in [1.807, 2.05) is 45.0 Å². The summed E-state index contributed by atoms with van der Waals surface area (Å²) in [6.45, 7) is 10.9. The van der Waals surface area contributed by atoms with Gasteiger partial charge in [0.1, 0.15) is 5.75 Å². The van der Waals surface area contributed by atoms with Crippen LogP contribution in [0.5, 0.6) is 5.75 Å². The molecular formula is C25H37N5O5. The summed E-state index contributed by atoms with van der Waals surface area (Å²) in [5.74, 6) is 0.180. The largest absolute Gasteiger partial charge is 0.497 e. The lowest BCUT2D eigenvalue weighted by Crippen LogP contribution is -2.55. The molecule has 1 aromatic rings. The third kappa shape index (κ3) is 6.25. The maximum absolute atomic E-state index is 13.2. The van der Waals surface area contributed by atoms with E-state index < -0.39 is 12.0 Å². The van der Waals surface area contributed by atoms with E-state index >= 15 is 0 Å². The Morgan fingerprint density at radius 1 is 1.17 bits per heavy atom. The molecule has 1 saturated heterocycles. The number of ether oxygens (including phenoxy) is 2. The number of methoxy groups -OCH3 is 1. The van der Waals surface area contributed by atoms with Gasteiger partial charge in [-0.2, -0.15) is 0 Å². The average Bonchev–Trinajstić information content (AvgIpc) is 2.84. The number of rotatable bonds is 8. The second kappa shape index (κ2) is 11.9. The number of carbonyl (C=O) groups is 3. The number of benzene rings is 1. The molecule has 3 rings (SSSR count). The van der Waals surface area contributed by atoms with Crippen LogP contribution in [0.4, 0.5) is 9.59 Å². The van der Waals surface area contributed by atoms with Gasteiger partial charge in [-0.3, -0.25) is 9.80 Å². The minimum Gasteiger partial charge on any atom is -0.497 e. The van der Waals surface area contributed by atoms with Crippen molar-refractivity contribution in [2.45, 2.75) is 39.8 Å². The summed E-state index contributed by atoms with van der Waals surface area (Å²) >= 11 is 0. The molecule has 0 radical (unpaired) electrons. The molecule has 4 amide bonds. The van der Waals surface area contributed by atoms with Crippen LogP contribution in [0.2, 0.25) is 0 Å². The van der Waals surface area contributed by atoms with Gasteiger partial charge in [-0.1, -0.05) is 12.1 Å². The lowest BCUT2D eigenvalue weighted by atomic mass is 9.94. The quantitative estimate of drug-likeness (QED) is 0.546. The lowest BCUT2D eigenvalue weighted by molar-refractivity contribution is -0.139. The van der Waals surface area contributed by atoms with Crippen LogP contribution in [0.3, 0.4) is 0 Å². The molecule has 1 fully saturated rings. The molecule has 0 spiro atoms. The number of hydrogen-bond acceptors (Lipinski definition) is 6. The highest BCUT2D eigenvalue weighted by atomic mass is 16.5. The van der Waals surface area contributed by atoms with Crippen molar-refractivity contribution in [3.8, 4) is 5.75 Å². The SMILES string of the molecule is CCOC(=O)C1=C(CN2CCN(C(=O)NC(C)C)CC2)N(CC)C(=O)N[C@@H]1c1cccc(OC)c1. The molecule has 35 heavy (non-hydrogen) atoms. The minimum atomic E-state index is -0.660. The zero-order chi connectivity index (χ0) is 25.5. The van der Waals surface area contributed by atoms with E-state index in [4.69, 9.17) is 9.47 Å². The second-order valence-corrected chi connectivity index (χ2v) is 8.85. The standard InChI is InChI=1S/C25H37N5O5/c1-6-30-20(16-28-11-13-29(14-12-28)24(32)26-17(3)4)21(23(31)35-7-2)22(27-25(30)33)18-9-8-10-19(15-18)34-5/h8-10,15,17,22H,6-7,11-14,16H2,1-5H3,(H,26,32)(H,27,33)/t22-/m1/s1. The van der Waals surface area contributed by atoms with Crippen LogP contribution < -0.4 is 15.4 Å². The molecule has 2 N–H and O–H groups in total. The summed E-state index contributed by atoms with van der Waals surface area (Å²) in [4.78, 5) is 44.3. The van der Waals surface area contributed by atoms with E-state index in [9.17, 15) is 14.4 Å². The Morgan fingerprint density at radius 3 is 2.49 bits per heavy atom. The first kappa shape index (κ1) is 26.3. The number of carbonyl (C=O) groups excluding carboxylic acids is 3.